The number of rotatable bonds is 5. The Labute approximate surface area is 202 Å². The van der Waals surface area contributed by atoms with Crippen molar-refractivity contribution in [1.82, 2.24) is 10.3 Å². The van der Waals surface area contributed by atoms with Gasteiger partial charge in [-0.3, -0.25) is 4.98 Å². The van der Waals surface area contributed by atoms with E-state index in [0.717, 1.165) is 22.0 Å². The molecule has 2 heterocycles. The third-order valence-corrected chi connectivity index (χ3v) is 7.03. The van der Waals surface area contributed by atoms with Gasteiger partial charge in [0, 0.05) is 16.9 Å². The minimum atomic E-state index is -1.20. The third kappa shape index (κ3) is 3.92. The summed E-state index contributed by atoms with van der Waals surface area (Å²) in [6.07, 6.45) is 4.71. The van der Waals surface area contributed by atoms with Crippen molar-refractivity contribution in [3.63, 3.8) is 0 Å². The number of methoxy groups -OCH3 is 1. The average molecular weight is 515 g/mol. The van der Waals surface area contributed by atoms with Crippen LogP contribution in [0.5, 0.6) is 11.5 Å². The normalized spacial score (nSPS) is 24.8. The molecule has 1 aliphatic carbocycles. The van der Waals surface area contributed by atoms with E-state index in [0.29, 0.717) is 30.0 Å². The first-order valence-corrected chi connectivity index (χ1v) is 11.8. The van der Waals surface area contributed by atoms with Crippen molar-refractivity contribution in [1.29, 1.82) is 0 Å². The molecule has 5 rings (SSSR count). The second-order valence-corrected chi connectivity index (χ2v) is 9.13. The number of nitrogens with one attached hydrogen (secondary N) is 1. The van der Waals surface area contributed by atoms with Crippen molar-refractivity contribution >= 4 is 15.9 Å². The molecule has 1 fully saturated rings. The lowest BCUT2D eigenvalue weighted by atomic mass is 9.72. The Morgan fingerprint density at radius 1 is 1.18 bits per heavy atom. The summed E-state index contributed by atoms with van der Waals surface area (Å²) in [5.41, 5.74) is 0.661. The maximum atomic E-state index is 12.2. The van der Waals surface area contributed by atoms with Gasteiger partial charge >= 0.3 is 0 Å². The van der Waals surface area contributed by atoms with Crippen molar-refractivity contribution in [3.8, 4) is 11.5 Å². The average Bonchev–Trinajstić information content (AvgIpc) is 3.28. The van der Waals surface area contributed by atoms with E-state index in [1.54, 1.807) is 26.6 Å². The molecular weight excluding hydrogens is 487 g/mol. The number of ether oxygens (including phenoxy) is 2. The first-order valence-electron chi connectivity index (χ1n) is 11.0. The van der Waals surface area contributed by atoms with Gasteiger partial charge in [0.1, 0.15) is 23.8 Å². The Morgan fingerprint density at radius 2 is 1.91 bits per heavy atom. The lowest BCUT2D eigenvalue weighted by molar-refractivity contribution is -0.106. The highest BCUT2D eigenvalue weighted by Crippen LogP contribution is 2.67. The summed E-state index contributed by atoms with van der Waals surface area (Å²) in [5, 5.41) is 14.8. The van der Waals surface area contributed by atoms with Gasteiger partial charge in [0.25, 0.3) is 0 Å². The molecule has 174 valence electrons. The second kappa shape index (κ2) is 9.79. The largest absolute Gasteiger partial charge is 0.495 e. The van der Waals surface area contributed by atoms with Crippen molar-refractivity contribution in [2.24, 2.45) is 0 Å². The predicted molar refractivity (Wildman–Crippen MR) is 129 cm³/mol. The molecule has 7 heteroatoms. The number of aliphatic hydroxyl groups is 1. The molecule has 3 aromatic rings. The summed E-state index contributed by atoms with van der Waals surface area (Å²) in [4.78, 5) is 4.25. The van der Waals surface area contributed by atoms with Gasteiger partial charge in [-0.15, -0.1) is 0 Å². The molecule has 2 aromatic carbocycles. The van der Waals surface area contributed by atoms with Gasteiger partial charge in [-0.2, -0.15) is 0 Å². The van der Waals surface area contributed by atoms with Gasteiger partial charge in [0.15, 0.2) is 5.60 Å². The number of alkyl halides is 1. The molecule has 0 bridgehead atoms. The second-order valence-electron chi connectivity index (χ2n) is 8.21. The number of hydrogen-bond acceptors (Lipinski definition) is 5. The van der Waals surface area contributed by atoms with Gasteiger partial charge in [-0.25, -0.2) is 4.39 Å². The van der Waals surface area contributed by atoms with Gasteiger partial charge in [-0.1, -0.05) is 58.4 Å². The standard InChI is InChI=1S/C23H20BrNO3.C3H8FN/c1-27-19-13-25-14-20-21(19)22(26)12-11-18(15-5-3-2-4-6-15)23(22,28-20)16-7-9-17(24)10-8-16;1-5-3-2-4/h2-10,13-14,18,26H,11-12H2,1H3;5H,2-3H2,1H3. The molecule has 1 aliphatic heterocycles. The first kappa shape index (κ1) is 23.7. The maximum absolute atomic E-state index is 12.2. The molecule has 1 aromatic heterocycles. The number of benzene rings is 2. The van der Waals surface area contributed by atoms with Gasteiger partial charge in [0.05, 0.1) is 25.1 Å². The van der Waals surface area contributed by atoms with E-state index >= 15 is 0 Å². The van der Waals surface area contributed by atoms with E-state index in [2.05, 4.69) is 38.4 Å². The number of aromatic nitrogens is 1. The molecule has 2 aliphatic rings. The molecule has 3 atom stereocenters. The number of hydrogen-bond donors (Lipinski definition) is 2. The number of fused-ring (bicyclic) bond motifs is 3. The lowest BCUT2D eigenvalue weighted by Crippen LogP contribution is -2.48. The van der Waals surface area contributed by atoms with Crippen LogP contribution >= 0.6 is 15.9 Å². The smallest absolute Gasteiger partial charge is 0.174 e. The highest BCUT2D eigenvalue weighted by Gasteiger charge is 2.69. The van der Waals surface area contributed by atoms with Crippen LogP contribution in [-0.4, -0.2) is 37.5 Å². The van der Waals surface area contributed by atoms with Crippen LogP contribution in [0.4, 0.5) is 4.39 Å². The fourth-order valence-electron chi connectivity index (χ4n) is 5.11. The van der Waals surface area contributed by atoms with Gasteiger partial charge < -0.3 is 19.9 Å². The Bertz CT molecular complexity index is 1080. The molecule has 3 unspecified atom stereocenters. The topological polar surface area (TPSA) is 63.6 Å². The van der Waals surface area contributed by atoms with Crippen LogP contribution in [-0.2, 0) is 11.2 Å². The van der Waals surface area contributed by atoms with Crippen molar-refractivity contribution in [2.75, 3.05) is 27.4 Å². The zero-order valence-electron chi connectivity index (χ0n) is 18.7. The summed E-state index contributed by atoms with van der Waals surface area (Å²) in [6.45, 7) is 0.205. The molecule has 33 heavy (non-hydrogen) atoms. The molecule has 0 spiro atoms. The van der Waals surface area contributed by atoms with Crippen LogP contribution in [0.1, 0.15) is 35.4 Å². The molecule has 0 saturated heterocycles. The van der Waals surface area contributed by atoms with Crippen LogP contribution in [0.2, 0.25) is 0 Å². The minimum Gasteiger partial charge on any atom is -0.495 e. The highest BCUT2D eigenvalue weighted by molar-refractivity contribution is 9.10. The number of halogens is 2. The van der Waals surface area contributed by atoms with E-state index in [9.17, 15) is 9.50 Å². The van der Waals surface area contributed by atoms with Crippen molar-refractivity contribution < 1.29 is 19.0 Å². The van der Waals surface area contributed by atoms with Crippen LogP contribution in [0.3, 0.4) is 0 Å². The molecular formula is C26H28BrFN2O3. The fraction of sp³-hybridized carbons (Fsp3) is 0.346. The van der Waals surface area contributed by atoms with E-state index < -0.39 is 11.2 Å². The summed E-state index contributed by atoms with van der Waals surface area (Å²) in [5.74, 6) is 1.15. The van der Waals surface area contributed by atoms with Crippen LogP contribution in [0.15, 0.2) is 71.5 Å². The quantitative estimate of drug-likeness (QED) is 0.496. The van der Waals surface area contributed by atoms with Crippen molar-refractivity contribution in [2.45, 2.75) is 30.0 Å². The molecule has 5 nitrogen and oxygen atoms in total. The van der Waals surface area contributed by atoms with Gasteiger partial charge in [0.2, 0.25) is 0 Å². The highest BCUT2D eigenvalue weighted by atomic mass is 79.9. The Morgan fingerprint density at radius 3 is 2.52 bits per heavy atom. The Kier molecular flexibility index (Phi) is 7.02. The maximum Gasteiger partial charge on any atom is 0.174 e. The monoisotopic (exact) mass is 514 g/mol. The fourth-order valence-corrected chi connectivity index (χ4v) is 5.37. The zero-order valence-corrected chi connectivity index (χ0v) is 20.3. The number of nitrogens with zero attached hydrogens (tertiary/aromatic N) is 1. The molecule has 0 radical (unpaired) electrons. The van der Waals surface area contributed by atoms with Gasteiger partial charge in [-0.05, 0) is 43.1 Å². The Balaban J connectivity index is 0.000000471. The van der Waals surface area contributed by atoms with E-state index in [-0.39, 0.29) is 12.6 Å². The summed E-state index contributed by atoms with van der Waals surface area (Å²) < 4.78 is 24.1. The predicted octanol–water partition coefficient (Wildman–Crippen LogP) is 5.08. The summed E-state index contributed by atoms with van der Waals surface area (Å²) >= 11 is 3.52. The molecule has 0 amide bonds. The third-order valence-electron chi connectivity index (χ3n) is 6.50. The summed E-state index contributed by atoms with van der Waals surface area (Å²) in [7, 11) is 3.32. The molecule has 1 saturated carbocycles. The minimum absolute atomic E-state index is 0.00279. The van der Waals surface area contributed by atoms with Crippen LogP contribution < -0.4 is 14.8 Å². The SMILES string of the molecule is CNCCF.COc1cncc2c1C1(O)CCC(c3ccccc3)C1(c1ccc(Br)cc1)O2. The van der Waals surface area contributed by atoms with Crippen LogP contribution in [0.25, 0.3) is 0 Å². The van der Waals surface area contributed by atoms with E-state index in [1.807, 2.05) is 42.5 Å². The molecule has 2 N–H and O–H groups in total. The number of pyridine rings is 1. The van der Waals surface area contributed by atoms with Crippen LogP contribution in [0, 0.1) is 0 Å². The van der Waals surface area contributed by atoms with Crippen molar-refractivity contribution in [3.05, 3.63) is 88.2 Å². The summed E-state index contributed by atoms with van der Waals surface area (Å²) in [6, 6.07) is 18.3. The first-order chi connectivity index (χ1) is 16.0. The Hall–Kier alpha value is -2.48. The van der Waals surface area contributed by atoms with E-state index in [4.69, 9.17) is 9.47 Å². The lowest BCUT2D eigenvalue weighted by Gasteiger charge is -2.40. The van der Waals surface area contributed by atoms with E-state index in [1.165, 1.54) is 0 Å². The zero-order chi connectivity index (χ0) is 23.5.